The Hall–Kier alpha value is -1.50. The molecule has 0 heterocycles. The van der Waals surface area contributed by atoms with Crippen LogP contribution in [0.3, 0.4) is 0 Å². The first-order chi connectivity index (χ1) is 6.98. The molecule has 0 spiro atoms. The van der Waals surface area contributed by atoms with Crippen molar-refractivity contribution in [3.63, 3.8) is 0 Å². The summed E-state index contributed by atoms with van der Waals surface area (Å²) >= 11 is 0. The summed E-state index contributed by atoms with van der Waals surface area (Å²) in [7, 11) is 0. The van der Waals surface area contributed by atoms with Gasteiger partial charge in [-0.25, -0.2) is 6.57 Å². The molecule has 0 aliphatic heterocycles. The third kappa shape index (κ3) is 1.70. The monoisotopic (exact) mass is 211 g/mol. The van der Waals surface area contributed by atoms with Crippen molar-refractivity contribution < 1.29 is 13.2 Å². The number of hydrogen-bond donors (Lipinski definition) is 0. The number of alkyl halides is 3. The fourth-order valence-electron chi connectivity index (χ4n) is 1.55. The minimum Gasteiger partial charge on any atom is -0.305 e. The zero-order valence-electron chi connectivity index (χ0n) is 7.80. The van der Waals surface area contributed by atoms with Gasteiger partial charge in [0.25, 0.3) is 5.54 Å². The zero-order valence-corrected chi connectivity index (χ0v) is 7.80. The first-order valence-electron chi connectivity index (χ1n) is 4.54. The molecule has 4 heteroatoms. The van der Waals surface area contributed by atoms with Crippen LogP contribution in [0.15, 0.2) is 24.3 Å². The second-order valence-electron chi connectivity index (χ2n) is 3.72. The fraction of sp³-hybridized carbons (Fsp3) is 0.364. The molecule has 0 bridgehead atoms. The van der Waals surface area contributed by atoms with Gasteiger partial charge >= 0.3 is 6.18 Å². The predicted molar refractivity (Wildman–Crippen MR) is 49.0 cm³/mol. The third-order valence-corrected chi connectivity index (χ3v) is 2.69. The van der Waals surface area contributed by atoms with Gasteiger partial charge in [-0.3, -0.25) is 0 Å². The standard InChI is InChI=1S/C11H8F3N/c1-15-10(6-7-10)8-2-4-9(5-3-8)11(12,13)14/h2-5H,6-7H2. The van der Waals surface area contributed by atoms with E-state index in [1.54, 1.807) is 0 Å². The number of nitrogens with zero attached hydrogens (tertiary/aromatic N) is 1. The van der Waals surface area contributed by atoms with E-state index >= 15 is 0 Å². The van der Waals surface area contributed by atoms with E-state index in [4.69, 9.17) is 6.57 Å². The smallest absolute Gasteiger partial charge is 0.305 e. The van der Waals surface area contributed by atoms with Crippen molar-refractivity contribution in [2.24, 2.45) is 0 Å². The second kappa shape index (κ2) is 2.99. The first kappa shape index (κ1) is 10.0. The van der Waals surface area contributed by atoms with Crippen molar-refractivity contribution >= 4 is 0 Å². The molecule has 0 N–H and O–H groups in total. The van der Waals surface area contributed by atoms with Crippen LogP contribution < -0.4 is 0 Å². The summed E-state index contributed by atoms with van der Waals surface area (Å²) in [5.41, 5.74) is -0.484. The maximum absolute atomic E-state index is 12.3. The molecule has 1 aromatic rings. The van der Waals surface area contributed by atoms with Gasteiger partial charge in [0.15, 0.2) is 0 Å². The van der Waals surface area contributed by atoms with Crippen LogP contribution >= 0.6 is 0 Å². The molecule has 0 saturated heterocycles. The third-order valence-electron chi connectivity index (χ3n) is 2.69. The van der Waals surface area contributed by atoms with Gasteiger partial charge in [0, 0.05) is 18.4 Å². The Morgan fingerprint density at radius 3 is 2.00 bits per heavy atom. The summed E-state index contributed by atoms with van der Waals surface area (Å²) in [5, 5.41) is 0. The largest absolute Gasteiger partial charge is 0.416 e. The Balaban J connectivity index is 2.30. The molecule has 0 amide bonds. The van der Waals surface area contributed by atoms with Gasteiger partial charge in [-0.05, 0) is 12.1 Å². The number of hydrogen-bond acceptors (Lipinski definition) is 0. The minimum atomic E-state index is -4.30. The van der Waals surface area contributed by atoms with Crippen molar-refractivity contribution in [2.75, 3.05) is 0 Å². The molecule has 0 unspecified atom stereocenters. The maximum Gasteiger partial charge on any atom is 0.416 e. The van der Waals surface area contributed by atoms with E-state index in [0.29, 0.717) is 5.56 Å². The molecule has 78 valence electrons. The molecule has 1 saturated carbocycles. The summed E-state index contributed by atoms with van der Waals surface area (Å²) in [6, 6.07) is 4.91. The molecule has 1 aliphatic rings. The molecule has 0 radical (unpaired) electrons. The van der Waals surface area contributed by atoms with Gasteiger partial charge < -0.3 is 4.85 Å². The van der Waals surface area contributed by atoms with Crippen molar-refractivity contribution in [2.45, 2.75) is 24.6 Å². The molecule has 1 aromatic carbocycles. The fourth-order valence-corrected chi connectivity index (χ4v) is 1.55. The average Bonchev–Trinajstić information content (AvgIpc) is 2.97. The lowest BCUT2D eigenvalue weighted by atomic mass is 10.0. The van der Waals surface area contributed by atoms with Crippen LogP contribution in [0.1, 0.15) is 24.0 Å². The molecule has 2 rings (SSSR count). The molecule has 1 fully saturated rings. The van der Waals surface area contributed by atoms with Gasteiger partial charge in [-0.1, -0.05) is 12.1 Å². The summed E-state index contributed by atoms with van der Waals surface area (Å²) < 4.78 is 36.8. The summed E-state index contributed by atoms with van der Waals surface area (Å²) in [6.07, 6.45) is -2.79. The van der Waals surface area contributed by atoms with Crippen molar-refractivity contribution in [1.82, 2.24) is 0 Å². The number of halogens is 3. The van der Waals surface area contributed by atoms with Crippen LogP contribution in [-0.2, 0) is 11.7 Å². The van der Waals surface area contributed by atoms with Gasteiger partial charge in [-0.15, -0.1) is 0 Å². The van der Waals surface area contributed by atoms with E-state index in [1.165, 1.54) is 12.1 Å². The Morgan fingerprint density at radius 2 is 1.67 bits per heavy atom. The topological polar surface area (TPSA) is 4.36 Å². The van der Waals surface area contributed by atoms with E-state index in [1.807, 2.05) is 0 Å². The lowest BCUT2D eigenvalue weighted by molar-refractivity contribution is -0.137. The van der Waals surface area contributed by atoms with Gasteiger partial charge in [0.1, 0.15) is 0 Å². The van der Waals surface area contributed by atoms with Crippen LogP contribution in [0.25, 0.3) is 4.85 Å². The quantitative estimate of drug-likeness (QED) is 0.625. The maximum atomic E-state index is 12.3. The first-order valence-corrected chi connectivity index (χ1v) is 4.54. The zero-order chi connectivity index (χ0) is 11.1. The summed E-state index contributed by atoms with van der Waals surface area (Å²) in [5.74, 6) is 0. The number of benzene rings is 1. The van der Waals surface area contributed by atoms with Crippen LogP contribution in [0.5, 0.6) is 0 Å². The highest BCUT2D eigenvalue weighted by Gasteiger charge is 2.52. The Bertz CT molecular complexity index is 407. The minimum absolute atomic E-state index is 0.524. The average molecular weight is 211 g/mol. The molecular weight excluding hydrogens is 203 g/mol. The van der Waals surface area contributed by atoms with E-state index < -0.39 is 17.3 Å². The molecule has 0 atom stereocenters. The van der Waals surface area contributed by atoms with Crippen molar-refractivity contribution in [1.29, 1.82) is 0 Å². The Labute approximate surface area is 85.3 Å². The molecule has 1 aliphatic carbocycles. The lowest BCUT2D eigenvalue weighted by Crippen LogP contribution is -2.06. The SMILES string of the molecule is [C-]#[N+]C1(c2ccc(C(F)(F)F)cc2)CC1. The Kier molecular flexibility index (Phi) is 2.00. The van der Waals surface area contributed by atoms with Crippen LogP contribution in [0, 0.1) is 6.57 Å². The molecule has 1 nitrogen and oxygen atoms in total. The van der Waals surface area contributed by atoms with Crippen molar-refractivity contribution in [3.8, 4) is 0 Å². The van der Waals surface area contributed by atoms with E-state index in [0.717, 1.165) is 25.0 Å². The normalized spacial score (nSPS) is 18.3. The highest BCUT2D eigenvalue weighted by Crippen LogP contribution is 2.49. The molecule has 15 heavy (non-hydrogen) atoms. The van der Waals surface area contributed by atoms with Crippen LogP contribution in [0.4, 0.5) is 13.2 Å². The van der Waals surface area contributed by atoms with Crippen LogP contribution in [-0.4, -0.2) is 0 Å². The highest BCUT2D eigenvalue weighted by atomic mass is 19.4. The predicted octanol–water partition coefficient (Wildman–Crippen LogP) is 3.61. The summed E-state index contributed by atoms with van der Waals surface area (Å²) in [6.45, 7) is 6.98. The molecular formula is C11H8F3N. The highest BCUT2D eigenvalue weighted by molar-refractivity contribution is 5.36. The van der Waals surface area contributed by atoms with E-state index in [-0.39, 0.29) is 0 Å². The van der Waals surface area contributed by atoms with E-state index in [9.17, 15) is 13.2 Å². The van der Waals surface area contributed by atoms with Crippen molar-refractivity contribution in [3.05, 3.63) is 46.8 Å². The van der Waals surface area contributed by atoms with Gasteiger partial charge in [-0.2, -0.15) is 13.2 Å². The number of rotatable bonds is 1. The van der Waals surface area contributed by atoms with Gasteiger partial charge in [0.2, 0.25) is 0 Å². The Morgan fingerprint density at radius 1 is 1.13 bits per heavy atom. The lowest BCUT2D eigenvalue weighted by Gasteiger charge is -2.07. The van der Waals surface area contributed by atoms with Gasteiger partial charge in [0.05, 0.1) is 5.56 Å². The summed E-state index contributed by atoms with van der Waals surface area (Å²) in [4.78, 5) is 3.46. The van der Waals surface area contributed by atoms with Crippen LogP contribution in [0.2, 0.25) is 0 Å². The van der Waals surface area contributed by atoms with E-state index in [2.05, 4.69) is 4.85 Å². The second-order valence-corrected chi connectivity index (χ2v) is 3.72. The molecule has 0 aromatic heterocycles.